The number of rotatable bonds is 2. The number of hydrogen-bond donors (Lipinski definition) is 1. The second-order valence-electron chi connectivity index (χ2n) is 3.20. The number of halogens is 2. The molecule has 72 valence electrons. The second kappa shape index (κ2) is 3.08. The van der Waals surface area contributed by atoms with E-state index in [4.69, 9.17) is 5.11 Å². The molecule has 0 spiro atoms. The van der Waals surface area contributed by atoms with E-state index in [1.165, 1.54) is 20.8 Å². The van der Waals surface area contributed by atoms with Crippen LogP contribution in [0.5, 0.6) is 0 Å². The Morgan fingerprint density at radius 2 is 1.67 bits per heavy atom. The Labute approximate surface area is 71.2 Å². The monoisotopic (exact) mass is 200 g/mol. The number of carboxylic acid groups (broad SMARTS) is 1. The molecule has 0 amide bonds. The van der Waals surface area contributed by atoms with E-state index >= 15 is 0 Å². The summed E-state index contributed by atoms with van der Waals surface area (Å²) < 4.78 is 34.7. The van der Waals surface area contributed by atoms with Crippen molar-refractivity contribution in [1.82, 2.24) is 0 Å². The van der Waals surface area contributed by atoms with E-state index in [0.29, 0.717) is 0 Å². The van der Waals surface area contributed by atoms with E-state index in [1.807, 2.05) is 0 Å². The molecule has 3 nitrogen and oxygen atoms in total. The van der Waals surface area contributed by atoms with Crippen molar-refractivity contribution >= 4 is 16.8 Å². The third-order valence-electron chi connectivity index (χ3n) is 1.04. The summed E-state index contributed by atoms with van der Waals surface area (Å²) >= 11 is 0. The highest BCUT2D eigenvalue weighted by Crippen LogP contribution is 2.27. The summed E-state index contributed by atoms with van der Waals surface area (Å²) in [7, 11) is -2.71. The van der Waals surface area contributed by atoms with Gasteiger partial charge in [-0.15, -0.1) is 0 Å². The molecule has 0 unspecified atom stereocenters. The van der Waals surface area contributed by atoms with E-state index in [9.17, 15) is 17.8 Å². The zero-order chi connectivity index (χ0) is 10.2. The Hall–Kier alpha value is -0.520. The van der Waals surface area contributed by atoms with Gasteiger partial charge in [0, 0.05) is 4.75 Å². The normalized spacial score (nSPS) is 15.8. The highest BCUT2D eigenvalue weighted by molar-refractivity contribution is 7.88. The third kappa shape index (κ3) is 2.23. The number of aliphatic carboxylic acids is 1. The maximum absolute atomic E-state index is 12.5. The van der Waals surface area contributed by atoms with Crippen LogP contribution in [0, 0.1) is 0 Å². The molecule has 0 aromatic carbocycles. The van der Waals surface area contributed by atoms with Crippen molar-refractivity contribution < 1.29 is 22.9 Å². The molecule has 0 aliphatic carbocycles. The molecule has 12 heavy (non-hydrogen) atoms. The molecule has 1 atom stereocenters. The molecule has 0 radical (unpaired) electrons. The molecular formula is C6H10F2O3S. The molecule has 1 N–H and O–H groups in total. The van der Waals surface area contributed by atoms with Gasteiger partial charge in [0.1, 0.15) is 10.8 Å². The van der Waals surface area contributed by atoms with Crippen molar-refractivity contribution in [3.63, 3.8) is 0 Å². The first-order valence-electron chi connectivity index (χ1n) is 3.13. The lowest BCUT2D eigenvalue weighted by atomic mass is 10.3. The van der Waals surface area contributed by atoms with E-state index in [0.717, 1.165) is 0 Å². The lowest BCUT2D eigenvalue weighted by Crippen LogP contribution is -2.42. The van der Waals surface area contributed by atoms with E-state index in [1.54, 1.807) is 0 Å². The Balaban J connectivity index is 4.83. The molecule has 0 aromatic rings. The third-order valence-corrected chi connectivity index (χ3v) is 2.79. The number of carboxylic acids is 1. The lowest BCUT2D eigenvalue weighted by Gasteiger charge is -2.21. The molecule has 0 aliphatic rings. The molecule has 0 aliphatic heterocycles. The minimum absolute atomic E-state index is 1.23. The van der Waals surface area contributed by atoms with Gasteiger partial charge in [0.05, 0.1) is 0 Å². The fourth-order valence-corrected chi connectivity index (χ4v) is 1.39. The average Bonchev–Trinajstić information content (AvgIpc) is 1.83. The zero-order valence-electron chi connectivity index (χ0n) is 6.93. The van der Waals surface area contributed by atoms with Crippen LogP contribution < -0.4 is 0 Å². The summed E-state index contributed by atoms with van der Waals surface area (Å²) in [4.78, 5) is 9.97. The maximum Gasteiger partial charge on any atom is 0.416 e. The van der Waals surface area contributed by atoms with Crippen LogP contribution in [0.1, 0.15) is 20.8 Å². The summed E-state index contributed by atoms with van der Waals surface area (Å²) in [5.74, 6) is -2.35. The fourth-order valence-electron chi connectivity index (χ4n) is 0.464. The van der Waals surface area contributed by atoms with Gasteiger partial charge < -0.3 is 5.11 Å². The van der Waals surface area contributed by atoms with Crippen LogP contribution >= 0.6 is 0 Å². The summed E-state index contributed by atoms with van der Waals surface area (Å²) in [6.07, 6.45) is 0. The fraction of sp³-hybridized carbons (Fsp3) is 0.833. The van der Waals surface area contributed by atoms with Gasteiger partial charge in [0.2, 0.25) is 0 Å². The first kappa shape index (κ1) is 11.5. The van der Waals surface area contributed by atoms with Crippen molar-refractivity contribution in [1.29, 1.82) is 0 Å². The van der Waals surface area contributed by atoms with E-state index < -0.39 is 26.8 Å². The van der Waals surface area contributed by atoms with Crippen molar-refractivity contribution in [2.45, 2.75) is 30.8 Å². The summed E-state index contributed by atoms with van der Waals surface area (Å²) in [6, 6.07) is 0. The topological polar surface area (TPSA) is 54.4 Å². The van der Waals surface area contributed by atoms with Crippen molar-refractivity contribution in [3.8, 4) is 0 Å². The van der Waals surface area contributed by atoms with Gasteiger partial charge >= 0.3 is 11.2 Å². The quantitative estimate of drug-likeness (QED) is 0.729. The minimum Gasteiger partial charge on any atom is -0.476 e. The first-order chi connectivity index (χ1) is 5.10. The highest BCUT2D eigenvalue weighted by Gasteiger charge is 2.50. The number of carbonyl (C=O) groups is 1. The summed E-state index contributed by atoms with van der Waals surface area (Å²) in [5, 5.41) is 3.86. The van der Waals surface area contributed by atoms with Crippen LogP contribution in [0.25, 0.3) is 0 Å². The lowest BCUT2D eigenvalue weighted by molar-refractivity contribution is -0.153. The SMILES string of the molecule is CC(C)(C)[S@@](=O)C(F)(F)C(=O)O. The van der Waals surface area contributed by atoms with Gasteiger partial charge in [0.25, 0.3) is 0 Å². The summed E-state index contributed by atoms with van der Waals surface area (Å²) in [5.41, 5.74) is 0. The zero-order valence-corrected chi connectivity index (χ0v) is 7.74. The predicted octanol–water partition coefficient (Wildman–Crippen LogP) is 1.21. The molecule has 0 rings (SSSR count). The van der Waals surface area contributed by atoms with Gasteiger partial charge in [-0.3, -0.25) is 4.21 Å². The van der Waals surface area contributed by atoms with Crippen LogP contribution in [0.4, 0.5) is 8.78 Å². The molecule has 0 heterocycles. The standard InChI is InChI=1S/C6H10F2O3S/c1-5(2,3)12(11)6(7,8)4(9)10/h1-3H3,(H,9,10)/t12-/m1/s1. The Morgan fingerprint density at radius 3 is 1.75 bits per heavy atom. The van der Waals surface area contributed by atoms with Crippen LogP contribution in [0.3, 0.4) is 0 Å². The van der Waals surface area contributed by atoms with Gasteiger partial charge in [-0.25, -0.2) is 4.79 Å². The molecule has 0 saturated heterocycles. The number of alkyl halides is 2. The molecule has 6 heteroatoms. The van der Waals surface area contributed by atoms with Crippen LogP contribution in [-0.2, 0) is 15.6 Å². The smallest absolute Gasteiger partial charge is 0.416 e. The highest BCUT2D eigenvalue weighted by atomic mass is 32.2. The van der Waals surface area contributed by atoms with E-state index in [-0.39, 0.29) is 0 Å². The minimum atomic E-state index is -4.17. The van der Waals surface area contributed by atoms with Crippen LogP contribution in [0.2, 0.25) is 0 Å². The van der Waals surface area contributed by atoms with Gasteiger partial charge in [-0.2, -0.15) is 8.78 Å². The Morgan fingerprint density at radius 1 is 1.33 bits per heavy atom. The average molecular weight is 200 g/mol. The largest absolute Gasteiger partial charge is 0.476 e. The molecule has 0 bridgehead atoms. The van der Waals surface area contributed by atoms with Crippen molar-refractivity contribution in [2.24, 2.45) is 0 Å². The maximum atomic E-state index is 12.5. The first-order valence-corrected chi connectivity index (χ1v) is 4.28. The number of hydrogen-bond acceptors (Lipinski definition) is 2. The molecule has 0 saturated carbocycles. The van der Waals surface area contributed by atoms with Gasteiger partial charge in [-0.1, -0.05) is 0 Å². The van der Waals surface area contributed by atoms with Gasteiger partial charge in [-0.05, 0) is 20.8 Å². The molecular weight excluding hydrogens is 190 g/mol. The van der Waals surface area contributed by atoms with Crippen LogP contribution in [-0.4, -0.2) is 25.3 Å². The molecule has 0 aromatic heterocycles. The van der Waals surface area contributed by atoms with Crippen LogP contribution in [0.15, 0.2) is 0 Å². The Kier molecular flexibility index (Phi) is 2.95. The van der Waals surface area contributed by atoms with Gasteiger partial charge in [0.15, 0.2) is 0 Å². The molecule has 0 fully saturated rings. The summed E-state index contributed by atoms with van der Waals surface area (Å²) in [6.45, 7) is 3.87. The van der Waals surface area contributed by atoms with E-state index in [2.05, 4.69) is 0 Å². The second-order valence-corrected chi connectivity index (χ2v) is 5.48. The Bertz CT molecular complexity index is 219. The predicted molar refractivity (Wildman–Crippen MR) is 40.5 cm³/mol. The van der Waals surface area contributed by atoms with Crippen molar-refractivity contribution in [3.05, 3.63) is 0 Å². The van der Waals surface area contributed by atoms with Crippen molar-refractivity contribution in [2.75, 3.05) is 0 Å².